The molecule has 7 heteroatoms. The number of amides is 1. The molecule has 0 saturated heterocycles. The SMILES string of the molecule is CCC(=O)Nn1c(SC)n[nH]c1=S. The molecule has 0 aliphatic rings. The van der Waals surface area contributed by atoms with Crippen LogP contribution in [-0.2, 0) is 4.79 Å². The van der Waals surface area contributed by atoms with Crippen molar-refractivity contribution in [3.8, 4) is 0 Å². The van der Waals surface area contributed by atoms with Gasteiger partial charge in [-0.2, -0.15) is 0 Å². The van der Waals surface area contributed by atoms with Gasteiger partial charge in [-0.25, -0.2) is 9.77 Å². The minimum Gasteiger partial charge on any atom is -0.273 e. The van der Waals surface area contributed by atoms with Gasteiger partial charge in [-0.15, -0.1) is 5.10 Å². The van der Waals surface area contributed by atoms with Gasteiger partial charge in [-0.1, -0.05) is 18.7 Å². The molecular weight excluding hydrogens is 208 g/mol. The van der Waals surface area contributed by atoms with Gasteiger partial charge in [-0.3, -0.25) is 10.2 Å². The molecule has 0 unspecified atom stereocenters. The fourth-order valence-corrected chi connectivity index (χ4v) is 1.41. The van der Waals surface area contributed by atoms with Gasteiger partial charge in [0, 0.05) is 6.42 Å². The minimum atomic E-state index is -0.0900. The van der Waals surface area contributed by atoms with Crippen molar-refractivity contribution < 1.29 is 4.79 Å². The van der Waals surface area contributed by atoms with Crippen LogP contribution >= 0.6 is 24.0 Å². The number of aromatic nitrogens is 3. The van der Waals surface area contributed by atoms with Crippen LogP contribution in [0, 0.1) is 4.77 Å². The number of hydrogen-bond donors (Lipinski definition) is 2. The lowest BCUT2D eigenvalue weighted by molar-refractivity contribution is -0.116. The van der Waals surface area contributed by atoms with E-state index >= 15 is 0 Å². The molecule has 2 N–H and O–H groups in total. The smallest absolute Gasteiger partial charge is 0.238 e. The molecule has 0 aliphatic heterocycles. The molecule has 0 aromatic carbocycles. The van der Waals surface area contributed by atoms with Crippen molar-refractivity contribution in [2.75, 3.05) is 11.7 Å². The standard InChI is InChI=1S/C6H10N4OS2/c1-3-4(11)9-10-5(12)7-8-6(10)13-2/h3H2,1-2H3,(H,7,12)(H,9,11). The van der Waals surface area contributed by atoms with Crippen molar-refractivity contribution in [3.63, 3.8) is 0 Å². The number of carbonyl (C=O) groups is 1. The topological polar surface area (TPSA) is 62.7 Å². The zero-order valence-corrected chi connectivity index (χ0v) is 8.96. The van der Waals surface area contributed by atoms with E-state index < -0.39 is 0 Å². The van der Waals surface area contributed by atoms with E-state index in [-0.39, 0.29) is 5.91 Å². The Morgan fingerprint density at radius 2 is 2.54 bits per heavy atom. The first-order valence-corrected chi connectivity index (χ1v) is 5.33. The highest BCUT2D eigenvalue weighted by molar-refractivity contribution is 7.98. The average molecular weight is 218 g/mol. The number of nitrogens with one attached hydrogen (secondary N) is 2. The van der Waals surface area contributed by atoms with Gasteiger partial charge < -0.3 is 0 Å². The van der Waals surface area contributed by atoms with Crippen molar-refractivity contribution in [1.82, 2.24) is 14.9 Å². The number of rotatable bonds is 3. The summed E-state index contributed by atoms with van der Waals surface area (Å²) in [5, 5.41) is 7.16. The Bertz CT molecular complexity index is 356. The van der Waals surface area contributed by atoms with Crippen LogP contribution in [0.4, 0.5) is 0 Å². The number of aromatic amines is 1. The van der Waals surface area contributed by atoms with Gasteiger partial charge in [0.2, 0.25) is 15.8 Å². The second-order valence-electron chi connectivity index (χ2n) is 2.24. The average Bonchev–Trinajstić information content (AvgIpc) is 2.48. The molecule has 0 radical (unpaired) electrons. The van der Waals surface area contributed by atoms with Gasteiger partial charge in [-0.05, 0) is 18.5 Å². The van der Waals surface area contributed by atoms with Crippen LogP contribution in [0.15, 0.2) is 5.16 Å². The first kappa shape index (κ1) is 10.3. The summed E-state index contributed by atoms with van der Waals surface area (Å²) in [5.41, 5.74) is 2.62. The summed E-state index contributed by atoms with van der Waals surface area (Å²) in [6, 6.07) is 0. The highest BCUT2D eigenvalue weighted by Crippen LogP contribution is 2.09. The monoisotopic (exact) mass is 218 g/mol. The molecule has 13 heavy (non-hydrogen) atoms. The zero-order valence-electron chi connectivity index (χ0n) is 7.33. The molecule has 1 aromatic rings. The second-order valence-corrected chi connectivity index (χ2v) is 3.40. The summed E-state index contributed by atoms with van der Waals surface area (Å²) >= 11 is 6.33. The number of thioether (sulfide) groups is 1. The summed E-state index contributed by atoms with van der Waals surface area (Å²) in [7, 11) is 0. The summed E-state index contributed by atoms with van der Waals surface area (Å²) < 4.78 is 1.86. The van der Waals surface area contributed by atoms with Crippen molar-refractivity contribution in [2.45, 2.75) is 18.5 Å². The van der Waals surface area contributed by atoms with Gasteiger partial charge in [0.15, 0.2) is 0 Å². The van der Waals surface area contributed by atoms with Crippen molar-refractivity contribution in [2.24, 2.45) is 0 Å². The number of H-pyrrole nitrogens is 1. The van der Waals surface area contributed by atoms with E-state index in [1.54, 1.807) is 6.92 Å². The van der Waals surface area contributed by atoms with E-state index in [9.17, 15) is 4.79 Å². The molecule has 1 rings (SSSR count). The molecule has 1 aromatic heterocycles. The van der Waals surface area contributed by atoms with E-state index in [1.165, 1.54) is 16.4 Å². The Labute approximate surface area is 84.9 Å². The fourth-order valence-electron chi connectivity index (χ4n) is 0.722. The highest BCUT2D eigenvalue weighted by Gasteiger charge is 2.06. The van der Waals surface area contributed by atoms with Gasteiger partial charge in [0.25, 0.3) is 0 Å². The van der Waals surface area contributed by atoms with Crippen molar-refractivity contribution in [3.05, 3.63) is 4.77 Å². The quantitative estimate of drug-likeness (QED) is 0.590. The maximum Gasteiger partial charge on any atom is 0.238 e. The Hall–Kier alpha value is -0.820. The predicted octanol–water partition coefficient (Wildman–Crippen LogP) is 1.14. The molecule has 0 saturated carbocycles. The zero-order chi connectivity index (χ0) is 9.84. The molecule has 72 valence electrons. The third kappa shape index (κ3) is 2.31. The Morgan fingerprint density at radius 3 is 3.08 bits per heavy atom. The van der Waals surface area contributed by atoms with E-state index in [0.717, 1.165) is 0 Å². The largest absolute Gasteiger partial charge is 0.273 e. The van der Waals surface area contributed by atoms with Crippen molar-refractivity contribution in [1.29, 1.82) is 0 Å². The lowest BCUT2D eigenvalue weighted by Gasteiger charge is -2.04. The van der Waals surface area contributed by atoms with E-state index in [1.807, 2.05) is 6.26 Å². The summed E-state index contributed by atoms with van der Waals surface area (Å²) in [5.74, 6) is -0.0900. The molecule has 0 aliphatic carbocycles. The maximum atomic E-state index is 11.1. The normalized spacial score (nSPS) is 10.0. The van der Waals surface area contributed by atoms with Crippen LogP contribution in [0.1, 0.15) is 13.3 Å². The highest BCUT2D eigenvalue weighted by atomic mass is 32.2. The lowest BCUT2D eigenvalue weighted by Crippen LogP contribution is -2.22. The van der Waals surface area contributed by atoms with Gasteiger partial charge in [0.1, 0.15) is 0 Å². The number of nitrogens with zero attached hydrogens (tertiary/aromatic N) is 2. The first-order chi connectivity index (χ1) is 6.19. The second kappa shape index (κ2) is 4.43. The Kier molecular flexibility index (Phi) is 3.49. The summed E-state index contributed by atoms with van der Waals surface area (Å²) in [4.78, 5) is 11.1. The Balaban J connectivity index is 2.92. The maximum absolute atomic E-state index is 11.1. The molecule has 1 amide bonds. The number of carbonyl (C=O) groups excluding carboxylic acids is 1. The molecule has 1 heterocycles. The van der Waals surface area contributed by atoms with Gasteiger partial charge >= 0.3 is 0 Å². The van der Waals surface area contributed by atoms with Crippen LogP contribution in [-0.4, -0.2) is 27.0 Å². The molecule has 0 bridgehead atoms. The minimum absolute atomic E-state index is 0.0900. The molecule has 0 atom stereocenters. The summed E-state index contributed by atoms with van der Waals surface area (Å²) in [6.45, 7) is 1.78. The fraction of sp³-hybridized carbons (Fsp3) is 0.500. The van der Waals surface area contributed by atoms with Crippen LogP contribution in [0.5, 0.6) is 0 Å². The molecule has 5 nitrogen and oxygen atoms in total. The lowest BCUT2D eigenvalue weighted by atomic mass is 10.5. The molecular formula is C6H10N4OS2. The van der Waals surface area contributed by atoms with E-state index in [0.29, 0.717) is 16.3 Å². The third-order valence-electron chi connectivity index (χ3n) is 1.38. The van der Waals surface area contributed by atoms with Crippen molar-refractivity contribution >= 4 is 29.9 Å². The Morgan fingerprint density at radius 1 is 1.85 bits per heavy atom. The summed E-state index contributed by atoms with van der Waals surface area (Å²) in [6.07, 6.45) is 2.28. The first-order valence-electron chi connectivity index (χ1n) is 3.70. The molecule has 0 spiro atoms. The van der Waals surface area contributed by atoms with Gasteiger partial charge in [0.05, 0.1) is 0 Å². The van der Waals surface area contributed by atoms with Crippen LogP contribution in [0.25, 0.3) is 0 Å². The third-order valence-corrected chi connectivity index (χ3v) is 2.29. The predicted molar refractivity (Wildman–Crippen MR) is 53.9 cm³/mol. The van der Waals surface area contributed by atoms with Crippen LogP contribution in [0.2, 0.25) is 0 Å². The van der Waals surface area contributed by atoms with Crippen LogP contribution < -0.4 is 5.43 Å². The molecule has 0 fully saturated rings. The number of hydrogen-bond acceptors (Lipinski definition) is 4. The van der Waals surface area contributed by atoms with E-state index in [4.69, 9.17) is 12.2 Å². The van der Waals surface area contributed by atoms with Crippen LogP contribution in [0.3, 0.4) is 0 Å². The van der Waals surface area contributed by atoms with E-state index in [2.05, 4.69) is 15.6 Å².